The van der Waals surface area contributed by atoms with Crippen LogP contribution in [0, 0.1) is 6.92 Å². The van der Waals surface area contributed by atoms with Gasteiger partial charge in [-0.15, -0.1) is 0 Å². The number of nitrogens with zero attached hydrogens (tertiary/aromatic N) is 3. The molecule has 0 saturated carbocycles. The molecule has 0 radical (unpaired) electrons. The van der Waals surface area contributed by atoms with Crippen LogP contribution < -0.4 is 9.47 Å². The molecule has 33 heavy (non-hydrogen) atoms. The van der Waals surface area contributed by atoms with Crippen molar-refractivity contribution in [3.05, 3.63) is 65.6 Å². The van der Waals surface area contributed by atoms with Crippen molar-refractivity contribution >= 4 is 5.97 Å². The summed E-state index contributed by atoms with van der Waals surface area (Å²) in [5.74, 6) is 0.169. The standard InChI is InChI=1S/C23H24F3N3O4/c1-15-16(14-29(28-15)20-10-9-17(13-27-20)23(24,25)26)6-5-11-32-18-7-4-8-19(12-18)33-22(2,3)21(30)31/h4,7-10,12-14H,5-6,11H2,1-3H3,(H,30,31). The molecule has 0 aliphatic carbocycles. The molecule has 0 spiro atoms. The van der Waals surface area contributed by atoms with Crippen molar-refractivity contribution in [2.75, 3.05) is 6.61 Å². The zero-order valence-corrected chi connectivity index (χ0v) is 18.4. The number of carboxylic acids is 1. The summed E-state index contributed by atoms with van der Waals surface area (Å²) in [4.78, 5) is 15.1. The highest BCUT2D eigenvalue weighted by molar-refractivity contribution is 5.76. The third-order valence-corrected chi connectivity index (χ3v) is 4.86. The van der Waals surface area contributed by atoms with Gasteiger partial charge in [0.1, 0.15) is 11.5 Å². The van der Waals surface area contributed by atoms with E-state index in [2.05, 4.69) is 10.1 Å². The highest BCUT2D eigenvalue weighted by Crippen LogP contribution is 2.29. The minimum Gasteiger partial charge on any atom is -0.493 e. The zero-order chi connectivity index (χ0) is 24.2. The van der Waals surface area contributed by atoms with E-state index < -0.39 is 23.3 Å². The van der Waals surface area contributed by atoms with Gasteiger partial charge in [-0.3, -0.25) is 0 Å². The smallest absolute Gasteiger partial charge is 0.417 e. The first-order valence-corrected chi connectivity index (χ1v) is 10.2. The third kappa shape index (κ3) is 6.24. The monoisotopic (exact) mass is 463 g/mol. The number of alkyl halides is 3. The fourth-order valence-electron chi connectivity index (χ4n) is 2.97. The van der Waals surface area contributed by atoms with Crippen LogP contribution in [-0.4, -0.2) is 38.0 Å². The van der Waals surface area contributed by atoms with Crippen molar-refractivity contribution in [3.63, 3.8) is 0 Å². The number of pyridine rings is 1. The van der Waals surface area contributed by atoms with Gasteiger partial charge in [-0.2, -0.15) is 18.3 Å². The van der Waals surface area contributed by atoms with Crippen LogP contribution in [0.5, 0.6) is 11.5 Å². The number of benzene rings is 1. The number of hydrogen-bond donors (Lipinski definition) is 1. The Kier molecular flexibility index (Phi) is 6.95. The van der Waals surface area contributed by atoms with Gasteiger partial charge < -0.3 is 14.6 Å². The van der Waals surface area contributed by atoms with E-state index in [1.807, 2.05) is 6.92 Å². The van der Waals surface area contributed by atoms with Crippen molar-refractivity contribution < 1.29 is 32.5 Å². The molecule has 3 aromatic rings. The molecule has 1 N–H and O–H groups in total. The van der Waals surface area contributed by atoms with Crippen molar-refractivity contribution in [3.8, 4) is 17.3 Å². The quantitative estimate of drug-likeness (QED) is 0.457. The average Bonchev–Trinajstić information content (AvgIpc) is 3.11. The molecule has 0 saturated heterocycles. The predicted octanol–water partition coefficient (Wildman–Crippen LogP) is 4.85. The maximum Gasteiger partial charge on any atom is 0.417 e. The molecule has 0 atom stereocenters. The maximum absolute atomic E-state index is 12.7. The van der Waals surface area contributed by atoms with Crippen molar-refractivity contribution in [2.24, 2.45) is 0 Å². The number of rotatable bonds is 9. The SMILES string of the molecule is Cc1nn(-c2ccc(C(F)(F)F)cn2)cc1CCCOc1cccc(OC(C)(C)C(=O)O)c1. The van der Waals surface area contributed by atoms with Crippen LogP contribution in [-0.2, 0) is 17.4 Å². The van der Waals surface area contributed by atoms with Crippen LogP contribution in [0.2, 0.25) is 0 Å². The van der Waals surface area contributed by atoms with Gasteiger partial charge >= 0.3 is 12.1 Å². The van der Waals surface area contributed by atoms with Crippen LogP contribution in [0.25, 0.3) is 5.82 Å². The Balaban J connectivity index is 1.55. The molecule has 2 heterocycles. The van der Waals surface area contributed by atoms with Crippen LogP contribution in [0.15, 0.2) is 48.8 Å². The third-order valence-electron chi connectivity index (χ3n) is 4.86. The van der Waals surface area contributed by atoms with Crippen LogP contribution in [0.4, 0.5) is 13.2 Å². The molecular formula is C23H24F3N3O4. The normalized spacial score (nSPS) is 11.9. The first-order chi connectivity index (χ1) is 15.5. The summed E-state index contributed by atoms with van der Waals surface area (Å²) in [6, 6.07) is 9.01. The molecule has 0 unspecified atom stereocenters. The Labute approximate surface area is 188 Å². The number of carbonyl (C=O) groups is 1. The number of aliphatic carboxylic acids is 1. The Morgan fingerprint density at radius 3 is 2.52 bits per heavy atom. The van der Waals surface area contributed by atoms with Gasteiger partial charge in [0.05, 0.1) is 17.9 Å². The van der Waals surface area contributed by atoms with Crippen LogP contribution in [0.1, 0.15) is 37.1 Å². The highest BCUT2D eigenvalue weighted by Gasteiger charge is 2.31. The molecule has 176 valence electrons. The summed E-state index contributed by atoms with van der Waals surface area (Å²) in [5, 5.41) is 13.5. The van der Waals surface area contributed by atoms with Crippen molar-refractivity contribution in [1.82, 2.24) is 14.8 Å². The van der Waals surface area contributed by atoms with Gasteiger partial charge in [0.25, 0.3) is 0 Å². The minimum atomic E-state index is -4.44. The molecule has 0 aliphatic rings. The summed E-state index contributed by atoms with van der Waals surface area (Å²) < 4.78 is 50.8. The molecule has 10 heteroatoms. The molecule has 3 rings (SSSR count). The van der Waals surface area contributed by atoms with E-state index in [9.17, 15) is 23.1 Å². The van der Waals surface area contributed by atoms with Crippen LogP contribution >= 0.6 is 0 Å². The molecule has 7 nitrogen and oxygen atoms in total. The van der Waals surface area contributed by atoms with E-state index in [0.29, 0.717) is 36.8 Å². The van der Waals surface area contributed by atoms with Gasteiger partial charge in [-0.05, 0) is 63.4 Å². The largest absolute Gasteiger partial charge is 0.493 e. The second-order valence-electron chi connectivity index (χ2n) is 7.93. The lowest BCUT2D eigenvalue weighted by molar-refractivity contribution is -0.152. The van der Waals surface area contributed by atoms with E-state index in [4.69, 9.17) is 9.47 Å². The van der Waals surface area contributed by atoms with Gasteiger partial charge in [-0.25, -0.2) is 14.5 Å². The van der Waals surface area contributed by atoms with E-state index in [1.165, 1.54) is 24.6 Å². The Bertz CT molecular complexity index is 1110. The first-order valence-electron chi connectivity index (χ1n) is 10.2. The summed E-state index contributed by atoms with van der Waals surface area (Å²) >= 11 is 0. The van der Waals surface area contributed by atoms with Gasteiger partial charge in [0.15, 0.2) is 11.4 Å². The van der Waals surface area contributed by atoms with E-state index >= 15 is 0 Å². The molecule has 0 fully saturated rings. The number of aromatic nitrogens is 3. The highest BCUT2D eigenvalue weighted by atomic mass is 19.4. The lowest BCUT2D eigenvalue weighted by Gasteiger charge is -2.21. The summed E-state index contributed by atoms with van der Waals surface area (Å²) in [6.45, 7) is 5.15. The lowest BCUT2D eigenvalue weighted by Crippen LogP contribution is -2.37. The maximum atomic E-state index is 12.7. The minimum absolute atomic E-state index is 0.301. The first kappa shape index (κ1) is 24.1. The summed E-state index contributed by atoms with van der Waals surface area (Å²) in [5.41, 5.74) is -0.491. The molecule has 1 aromatic carbocycles. The number of aryl methyl sites for hydroxylation is 2. The fraction of sp³-hybridized carbons (Fsp3) is 0.348. The van der Waals surface area contributed by atoms with E-state index in [1.54, 1.807) is 30.5 Å². The number of hydrogen-bond acceptors (Lipinski definition) is 5. The molecule has 0 bridgehead atoms. The van der Waals surface area contributed by atoms with Crippen molar-refractivity contribution in [2.45, 2.75) is 45.4 Å². The van der Waals surface area contributed by atoms with Gasteiger partial charge in [-0.1, -0.05) is 6.07 Å². The predicted molar refractivity (Wildman–Crippen MR) is 114 cm³/mol. The lowest BCUT2D eigenvalue weighted by atomic mass is 10.1. The van der Waals surface area contributed by atoms with Gasteiger partial charge in [0, 0.05) is 18.5 Å². The topological polar surface area (TPSA) is 86.5 Å². The fourth-order valence-corrected chi connectivity index (χ4v) is 2.97. The Morgan fingerprint density at radius 2 is 1.88 bits per heavy atom. The van der Waals surface area contributed by atoms with E-state index in [-0.39, 0.29) is 0 Å². The Morgan fingerprint density at radius 1 is 1.15 bits per heavy atom. The second-order valence-corrected chi connectivity index (χ2v) is 7.93. The Hall–Kier alpha value is -3.56. The number of ether oxygens (including phenoxy) is 2. The average molecular weight is 463 g/mol. The number of halogens is 3. The molecule has 0 amide bonds. The van der Waals surface area contributed by atoms with Crippen molar-refractivity contribution in [1.29, 1.82) is 0 Å². The molecular weight excluding hydrogens is 439 g/mol. The van der Waals surface area contributed by atoms with Crippen LogP contribution in [0.3, 0.4) is 0 Å². The zero-order valence-electron chi connectivity index (χ0n) is 18.4. The molecule has 2 aromatic heterocycles. The summed E-state index contributed by atoms with van der Waals surface area (Å²) in [7, 11) is 0. The van der Waals surface area contributed by atoms with Gasteiger partial charge in [0.2, 0.25) is 0 Å². The molecule has 0 aliphatic heterocycles. The summed E-state index contributed by atoms with van der Waals surface area (Å²) in [6.07, 6.45) is -0.592. The second kappa shape index (κ2) is 9.51. The van der Waals surface area contributed by atoms with E-state index in [0.717, 1.165) is 23.5 Å². The number of carboxylic acid groups (broad SMARTS) is 1.